The molecule has 130 valence electrons. The minimum atomic E-state index is -3.56. The fourth-order valence-electron chi connectivity index (χ4n) is 3.63. The van der Waals surface area contributed by atoms with E-state index in [0.717, 1.165) is 6.26 Å². The van der Waals surface area contributed by atoms with Gasteiger partial charge in [-0.3, -0.25) is 9.59 Å². The molecule has 9 nitrogen and oxygen atoms in total. The third-order valence-electron chi connectivity index (χ3n) is 4.62. The molecule has 2 aliphatic rings. The fourth-order valence-corrected chi connectivity index (χ4v) is 5.00. The molecule has 2 fully saturated rings. The minimum absolute atomic E-state index is 0.0548. The van der Waals surface area contributed by atoms with Crippen LogP contribution in [-0.2, 0) is 14.8 Å². The van der Waals surface area contributed by atoms with Crippen LogP contribution in [0.25, 0.3) is 0 Å². The first kappa shape index (κ1) is 16.8. The van der Waals surface area contributed by atoms with E-state index in [9.17, 15) is 18.0 Å². The van der Waals surface area contributed by atoms with Gasteiger partial charge in [0.15, 0.2) is 0 Å². The predicted octanol–water partition coefficient (Wildman–Crippen LogP) is -1.30. The van der Waals surface area contributed by atoms with Crippen molar-refractivity contribution in [1.29, 1.82) is 0 Å². The highest BCUT2D eigenvalue weighted by Gasteiger charge is 2.53. The molecule has 0 radical (unpaired) electrons. The standard InChI is InChI=1S/C14H19N5O4S/c1-15-13(20)11-5-10-7-18(8-12(10)19(11)24(2,22)23)14(21)9-3-4-16-17-6-9/h3-4,6,10-12H,5,7-8H2,1-2H3,(H,15,20)/t10-,11-,12+/m0/s1. The lowest BCUT2D eigenvalue weighted by Crippen LogP contribution is -2.49. The molecule has 0 bridgehead atoms. The first-order valence-corrected chi connectivity index (χ1v) is 9.44. The zero-order valence-electron chi connectivity index (χ0n) is 13.4. The monoisotopic (exact) mass is 353 g/mol. The Labute approximate surface area is 140 Å². The zero-order valence-corrected chi connectivity index (χ0v) is 14.2. The molecule has 3 heterocycles. The van der Waals surface area contributed by atoms with E-state index in [0.29, 0.717) is 18.5 Å². The van der Waals surface area contributed by atoms with Crippen LogP contribution >= 0.6 is 0 Å². The van der Waals surface area contributed by atoms with Crippen molar-refractivity contribution in [3.05, 3.63) is 24.0 Å². The molecule has 0 aromatic carbocycles. The van der Waals surface area contributed by atoms with Gasteiger partial charge in [0, 0.05) is 26.2 Å². The number of nitrogens with one attached hydrogen (secondary N) is 1. The van der Waals surface area contributed by atoms with Crippen LogP contribution < -0.4 is 5.32 Å². The highest BCUT2D eigenvalue weighted by molar-refractivity contribution is 7.88. The molecule has 3 atom stereocenters. The van der Waals surface area contributed by atoms with Crippen LogP contribution in [0.2, 0.25) is 0 Å². The smallest absolute Gasteiger partial charge is 0.255 e. The summed E-state index contributed by atoms with van der Waals surface area (Å²) in [5, 5.41) is 9.85. The third kappa shape index (κ3) is 2.86. The SMILES string of the molecule is CNC(=O)[C@@H]1C[C@H]2CN(C(=O)c3ccnnc3)C[C@H]2N1S(C)(=O)=O. The molecule has 0 saturated carbocycles. The second kappa shape index (κ2) is 6.10. The molecule has 2 amide bonds. The second-order valence-electron chi connectivity index (χ2n) is 6.13. The maximum Gasteiger partial charge on any atom is 0.255 e. The average molecular weight is 353 g/mol. The number of likely N-dealkylation sites (tertiary alicyclic amines) is 1. The number of carbonyl (C=O) groups is 2. The number of hydrogen-bond acceptors (Lipinski definition) is 6. The Morgan fingerprint density at radius 1 is 1.29 bits per heavy atom. The Bertz CT molecular complexity index is 754. The van der Waals surface area contributed by atoms with Gasteiger partial charge in [0.1, 0.15) is 6.04 Å². The van der Waals surface area contributed by atoms with Gasteiger partial charge in [-0.25, -0.2) is 8.42 Å². The summed E-state index contributed by atoms with van der Waals surface area (Å²) in [5.74, 6) is -0.573. The number of rotatable bonds is 3. The van der Waals surface area contributed by atoms with Gasteiger partial charge in [-0.05, 0) is 18.4 Å². The van der Waals surface area contributed by atoms with Crippen LogP contribution in [0.3, 0.4) is 0 Å². The molecule has 1 aromatic heterocycles. The second-order valence-corrected chi connectivity index (χ2v) is 8.02. The summed E-state index contributed by atoms with van der Waals surface area (Å²) < 4.78 is 25.6. The van der Waals surface area contributed by atoms with E-state index in [1.807, 2.05) is 0 Å². The van der Waals surface area contributed by atoms with Gasteiger partial charge in [0.2, 0.25) is 15.9 Å². The summed E-state index contributed by atoms with van der Waals surface area (Å²) in [6.45, 7) is 0.692. The molecular weight excluding hydrogens is 334 g/mol. The number of fused-ring (bicyclic) bond motifs is 1. The third-order valence-corrected chi connectivity index (χ3v) is 5.91. The van der Waals surface area contributed by atoms with E-state index < -0.39 is 16.1 Å². The van der Waals surface area contributed by atoms with Crippen molar-refractivity contribution in [2.24, 2.45) is 5.92 Å². The minimum Gasteiger partial charge on any atom is -0.358 e. The maximum atomic E-state index is 12.5. The summed E-state index contributed by atoms with van der Waals surface area (Å²) in [6, 6.07) is 0.492. The number of likely N-dealkylation sites (N-methyl/N-ethyl adjacent to an activating group) is 1. The zero-order chi connectivity index (χ0) is 17.5. The van der Waals surface area contributed by atoms with E-state index in [2.05, 4.69) is 15.5 Å². The normalized spacial score (nSPS) is 27.1. The van der Waals surface area contributed by atoms with Crippen LogP contribution in [0.5, 0.6) is 0 Å². The van der Waals surface area contributed by atoms with Crippen LogP contribution in [0.1, 0.15) is 16.8 Å². The molecule has 10 heteroatoms. The van der Waals surface area contributed by atoms with E-state index in [1.165, 1.54) is 23.7 Å². The molecule has 2 saturated heterocycles. The number of sulfonamides is 1. The molecule has 1 N–H and O–H groups in total. The van der Waals surface area contributed by atoms with Crippen molar-refractivity contribution in [2.45, 2.75) is 18.5 Å². The highest BCUT2D eigenvalue weighted by Crippen LogP contribution is 2.37. The Morgan fingerprint density at radius 2 is 2.04 bits per heavy atom. The lowest BCUT2D eigenvalue weighted by atomic mass is 10.0. The number of aromatic nitrogens is 2. The molecule has 2 aliphatic heterocycles. The molecule has 0 aliphatic carbocycles. The van der Waals surface area contributed by atoms with Gasteiger partial charge < -0.3 is 10.2 Å². The Morgan fingerprint density at radius 3 is 2.62 bits per heavy atom. The van der Waals surface area contributed by atoms with Crippen molar-refractivity contribution in [3.63, 3.8) is 0 Å². The summed E-state index contributed by atoms with van der Waals surface area (Å²) in [5.41, 5.74) is 0.415. The maximum absolute atomic E-state index is 12.5. The predicted molar refractivity (Wildman–Crippen MR) is 84.4 cm³/mol. The van der Waals surface area contributed by atoms with Gasteiger partial charge in [0.25, 0.3) is 5.91 Å². The highest BCUT2D eigenvalue weighted by atomic mass is 32.2. The van der Waals surface area contributed by atoms with Gasteiger partial charge in [-0.2, -0.15) is 14.5 Å². The quantitative estimate of drug-likeness (QED) is 0.722. The van der Waals surface area contributed by atoms with Crippen LogP contribution in [0.4, 0.5) is 0 Å². The molecule has 24 heavy (non-hydrogen) atoms. The van der Waals surface area contributed by atoms with Crippen LogP contribution in [-0.4, -0.2) is 78.1 Å². The van der Waals surface area contributed by atoms with Crippen molar-refractivity contribution in [2.75, 3.05) is 26.4 Å². The van der Waals surface area contributed by atoms with Crippen LogP contribution in [0, 0.1) is 5.92 Å². The van der Waals surface area contributed by atoms with E-state index in [-0.39, 0.29) is 30.3 Å². The average Bonchev–Trinajstić information content (AvgIpc) is 3.10. The van der Waals surface area contributed by atoms with Crippen molar-refractivity contribution >= 4 is 21.8 Å². The fraction of sp³-hybridized carbons (Fsp3) is 0.571. The number of hydrogen-bond donors (Lipinski definition) is 1. The molecule has 0 unspecified atom stereocenters. The lowest BCUT2D eigenvalue weighted by Gasteiger charge is -2.27. The molecule has 3 rings (SSSR count). The van der Waals surface area contributed by atoms with Crippen LogP contribution in [0.15, 0.2) is 18.5 Å². The van der Waals surface area contributed by atoms with Gasteiger partial charge in [0.05, 0.1) is 24.2 Å². The lowest BCUT2D eigenvalue weighted by molar-refractivity contribution is -0.124. The molecule has 1 aromatic rings. The largest absolute Gasteiger partial charge is 0.358 e. The van der Waals surface area contributed by atoms with Crippen molar-refractivity contribution in [1.82, 2.24) is 24.7 Å². The van der Waals surface area contributed by atoms with E-state index in [4.69, 9.17) is 0 Å². The molecular formula is C14H19N5O4S. The molecule has 0 spiro atoms. The Hall–Kier alpha value is -2.07. The van der Waals surface area contributed by atoms with Gasteiger partial charge in [-0.15, -0.1) is 0 Å². The summed E-state index contributed by atoms with van der Waals surface area (Å²) >= 11 is 0. The first-order chi connectivity index (χ1) is 11.3. The van der Waals surface area contributed by atoms with E-state index in [1.54, 1.807) is 11.0 Å². The van der Waals surface area contributed by atoms with Gasteiger partial charge in [-0.1, -0.05) is 0 Å². The first-order valence-electron chi connectivity index (χ1n) is 7.59. The Balaban J connectivity index is 1.82. The van der Waals surface area contributed by atoms with Crippen molar-refractivity contribution in [3.8, 4) is 0 Å². The van der Waals surface area contributed by atoms with E-state index >= 15 is 0 Å². The van der Waals surface area contributed by atoms with Crippen molar-refractivity contribution < 1.29 is 18.0 Å². The number of nitrogens with zero attached hydrogens (tertiary/aromatic N) is 4. The summed E-state index contributed by atoms with van der Waals surface area (Å²) in [7, 11) is -2.07. The summed E-state index contributed by atoms with van der Waals surface area (Å²) in [4.78, 5) is 26.2. The Kier molecular flexibility index (Phi) is 4.26. The van der Waals surface area contributed by atoms with Gasteiger partial charge >= 0.3 is 0 Å². The number of amides is 2. The number of carbonyl (C=O) groups excluding carboxylic acids is 2. The topological polar surface area (TPSA) is 113 Å². The summed E-state index contributed by atoms with van der Waals surface area (Å²) in [6.07, 6.45) is 4.34.